The molecule has 4 atom stereocenters. The van der Waals surface area contributed by atoms with Gasteiger partial charge in [0, 0.05) is 0 Å². The SMILES string of the molecule is CC(C)[C@H](NC(=O)[C@H](CC(N)=O)NC(=O)CNC(=O)CNC(=O)CNC(=O)[C@@H](N)[C@@H](C)O)C(=O)O. The summed E-state index contributed by atoms with van der Waals surface area (Å²) < 4.78 is 0. The summed E-state index contributed by atoms with van der Waals surface area (Å²) in [5.74, 6) is -6.87. The van der Waals surface area contributed by atoms with Crippen molar-refractivity contribution in [2.45, 2.75) is 51.4 Å². The molecule has 0 aromatic heterocycles. The van der Waals surface area contributed by atoms with Crippen molar-refractivity contribution in [3.05, 3.63) is 0 Å². The van der Waals surface area contributed by atoms with Crippen LogP contribution in [0.15, 0.2) is 0 Å². The first-order chi connectivity index (χ1) is 16.1. The molecule has 0 unspecified atom stereocenters. The lowest BCUT2D eigenvalue weighted by atomic mass is 10.0. The molecule has 0 aliphatic carbocycles. The first-order valence-corrected chi connectivity index (χ1v) is 10.5. The van der Waals surface area contributed by atoms with E-state index in [4.69, 9.17) is 11.5 Å². The first kappa shape index (κ1) is 31.2. The first-order valence-electron chi connectivity index (χ1n) is 10.5. The van der Waals surface area contributed by atoms with E-state index in [-0.39, 0.29) is 0 Å². The Morgan fingerprint density at radius 2 is 1.26 bits per heavy atom. The average Bonchev–Trinajstić information content (AvgIpc) is 2.75. The number of rotatable bonds is 15. The Bertz CT molecular complexity index is 816. The van der Waals surface area contributed by atoms with E-state index in [0.717, 1.165) is 0 Å². The van der Waals surface area contributed by atoms with Crippen LogP contribution in [0.25, 0.3) is 0 Å². The summed E-state index contributed by atoms with van der Waals surface area (Å²) in [4.78, 5) is 82.0. The number of carboxylic acid groups (broad SMARTS) is 1. The fourth-order valence-corrected chi connectivity index (χ4v) is 2.41. The van der Waals surface area contributed by atoms with Crippen molar-refractivity contribution in [1.82, 2.24) is 26.6 Å². The van der Waals surface area contributed by atoms with E-state index < -0.39 is 97.6 Å². The quantitative estimate of drug-likeness (QED) is 0.102. The number of primary amides is 1. The monoisotopic (exact) mass is 503 g/mol. The molecule has 0 aromatic rings. The normalized spacial score (nSPS) is 14.0. The van der Waals surface area contributed by atoms with Crippen molar-refractivity contribution in [2.24, 2.45) is 17.4 Å². The van der Waals surface area contributed by atoms with Gasteiger partial charge in [0.05, 0.1) is 32.2 Å². The van der Waals surface area contributed by atoms with Crippen LogP contribution in [0.1, 0.15) is 27.2 Å². The van der Waals surface area contributed by atoms with Crippen LogP contribution in [0, 0.1) is 5.92 Å². The summed E-state index contributed by atoms with van der Waals surface area (Å²) in [6.07, 6.45) is -1.74. The zero-order valence-corrected chi connectivity index (χ0v) is 19.6. The van der Waals surface area contributed by atoms with Crippen LogP contribution in [-0.2, 0) is 33.6 Å². The molecule has 0 aliphatic rings. The molecule has 0 rings (SSSR count). The molecule has 16 heteroatoms. The Hall–Kier alpha value is -3.79. The van der Waals surface area contributed by atoms with Crippen LogP contribution >= 0.6 is 0 Å². The van der Waals surface area contributed by atoms with Crippen LogP contribution in [0.2, 0.25) is 0 Å². The lowest BCUT2D eigenvalue weighted by molar-refractivity contribution is -0.143. The van der Waals surface area contributed by atoms with E-state index in [1.807, 2.05) is 0 Å². The summed E-state index contributed by atoms with van der Waals surface area (Å²) >= 11 is 0. The van der Waals surface area contributed by atoms with Crippen molar-refractivity contribution >= 4 is 41.4 Å². The Balaban J connectivity index is 4.63. The average molecular weight is 504 g/mol. The van der Waals surface area contributed by atoms with Crippen molar-refractivity contribution in [2.75, 3.05) is 19.6 Å². The van der Waals surface area contributed by atoms with E-state index in [1.54, 1.807) is 13.8 Å². The maximum atomic E-state index is 12.4. The highest BCUT2D eigenvalue weighted by atomic mass is 16.4. The fourth-order valence-electron chi connectivity index (χ4n) is 2.41. The number of amides is 6. The Labute approximate surface area is 200 Å². The second-order valence-electron chi connectivity index (χ2n) is 7.90. The molecule has 11 N–H and O–H groups in total. The predicted molar refractivity (Wildman–Crippen MR) is 119 cm³/mol. The van der Waals surface area contributed by atoms with Gasteiger partial charge in [0.1, 0.15) is 18.1 Å². The molecule has 0 bridgehead atoms. The lowest BCUT2D eigenvalue weighted by Gasteiger charge is -2.22. The second-order valence-corrected chi connectivity index (χ2v) is 7.90. The molecule has 0 spiro atoms. The predicted octanol–water partition coefficient (Wildman–Crippen LogP) is -5.37. The van der Waals surface area contributed by atoms with Crippen molar-refractivity contribution < 1.29 is 43.8 Å². The van der Waals surface area contributed by atoms with Gasteiger partial charge in [-0.25, -0.2) is 4.79 Å². The number of aliphatic hydroxyl groups excluding tert-OH is 1. The molecule has 0 saturated carbocycles. The van der Waals surface area contributed by atoms with E-state index in [2.05, 4.69) is 26.6 Å². The van der Waals surface area contributed by atoms with Gasteiger partial charge in [-0.15, -0.1) is 0 Å². The number of nitrogens with one attached hydrogen (secondary N) is 5. The molecule has 0 fully saturated rings. The molecule has 0 aromatic carbocycles. The second kappa shape index (κ2) is 15.2. The highest BCUT2D eigenvalue weighted by molar-refractivity contribution is 5.95. The number of aliphatic hydroxyl groups is 1. The van der Waals surface area contributed by atoms with Gasteiger partial charge in [-0.1, -0.05) is 13.8 Å². The largest absolute Gasteiger partial charge is 0.480 e. The maximum Gasteiger partial charge on any atom is 0.326 e. The number of aliphatic carboxylic acids is 1. The number of nitrogens with two attached hydrogens (primary N) is 2. The molecular weight excluding hydrogens is 470 g/mol. The molecule has 6 amide bonds. The van der Waals surface area contributed by atoms with E-state index >= 15 is 0 Å². The molecule has 0 heterocycles. The summed E-state index contributed by atoms with van der Waals surface area (Å²) in [7, 11) is 0. The molecule has 0 saturated heterocycles. The van der Waals surface area contributed by atoms with E-state index in [0.29, 0.717) is 0 Å². The third-order valence-electron chi connectivity index (χ3n) is 4.43. The number of carboxylic acids is 1. The highest BCUT2D eigenvalue weighted by Crippen LogP contribution is 2.03. The van der Waals surface area contributed by atoms with Crippen molar-refractivity contribution in [1.29, 1.82) is 0 Å². The Morgan fingerprint density at radius 3 is 1.69 bits per heavy atom. The topological polar surface area (TPSA) is 272 Å². The van der Waals surface area contributed by atoms with Gasteiger partial charge in [-0.3, -0.25) is 28.8 Å². The molecule has 0 radical (unpaired) electrons. The van der Waals surface area contributed by atoms with Crippen molar-refractivity contribution in [3.8, 4) is 0 Å². The van der Waals surface area contributed by atoms with Gasteiger partial charge in [0.15, 0.2) is 0 Å². The van der Waals surface area contributed by atoms with Crippen molar-refractivity contribution in [3.63, 3.8) is 0 Å². The van der Waals surface area contributed by atoms with Gasteiger partial charge in [-0.05, 0) is 12.8 Å². The van der Waals surface area contributed by atoms with Crippen LogP contribution in [-0.4, -0.2) is 95.5 Å². The highest BCUT2D eigenvalue weighted by Gasteiger charge is 2.29. The Morgan fingerprint density at radius 1 is 0.771 bits per heavy atom. The molecular formula is C19H33N7O9. The summed E-state index contributed by atoms with van der Waals surface area (Å²) in [5, 5.41) is 29.3. The van der Waals surface area contributed by atoms with E-state index in [1.165, 1.54) is 6.92 Å². The zero-order valence-electron chi connectivity index (χ0n) is 19.6. The molecule has 198 valence electrons. The minimum absolute atomic E-state index is 0.487. The summed E-state index contributed by atoms with van der Waals surface area (Å²) in [6.45, 7) is 2.70. The minimum Gasteiger partial charge on any atom is -0.480 e. The Kier molecular flexibility index (Phi) is 13.5. The molecule has 16 nitrogen and oxygen atoms in total. The van der Waals surface area contributed by atoms with Gasteiger partial charge in [0.2, 0.25) is 35.4 Å². The van der Waals surface area contributed by atoms with Gasteiger partial charge < -0.3 is 48.3 Å². The van der Waals surface area contributed by atoms with Crippen LogP contribution in [0.3, 0.4) is 0 Å². The maximum absolute atomic E-state index is 12.4. The van der Waals surface area contributed by atoms with Crippen LogP contribution in [0.4, 0.5) is 0 Å². The van der Waals surface area contributed by atoms with Gasteiger partial charge >= 0.3 is 5.97 Å². The number of hydrogen-bond donors (Lipinski definition) is 9. The molecule has 0 aliphatic heterocycles. The fraction of sp³-hybridized carbons (Fsp3) is 0.632. The lowest BCUT2D eigenvalue weighted by Crippen LogP contribution is -2.55. The number of hydrogen-bond acceptors (Lipinski definition) is 9. The van der Waals surface area contributed by atoms with Gasteiger partial charge in [0.25, 0.3) is 0 Å². The third kappa shape index (κ3) is 12.9. The van der Waals surface area contributed by atoms with Crippen LogP contribution < -0.4 is 38.1 Å². The molecule has 35 heavy (non-hydrogen) atoms. The smallest absolute Gasteiger partial charge is 0.326 e. The number of carbonyl (C=O) groups excluding carboxylic acids is 6. The number of carbonyl (C=O) groups is 7. The third-order valence-corrected chi connectivity index (χ3v) is 4.43. The summed E-state index contributed by atoms with van der Waals surface area (Å²) in [6, 6.07) is -3.98. The van der Waals surface area contributed by atoms with Gasteiger partial charge in [-0.2, -0.15) is 0 Å². The zero-order chi connectivity index (χ0) is 27.3. The van der Waals surface area contributed by atoms with Crippen LogP contribution in [0.5, 0.6) is 0 Å². The standard InChI is InChI=1S/C19H33N7O9/c1-8(2)16(19(34)35)26-17(32)10(4-11(20)28)25-14(31)7-23-12(29)5-22-13(30)6-24-18(33)15(21)9(3)27/h8-10,15-16,27H,4-7,21H2,1-3H3,(H2,20,28)(H,22,30)(H,23,29)(H,24,33)(H,25,31)(H,26,32)(H,34,35)/t9-,10+,15+,16+/m1/s1. The van der Waals surface area contributed by atoms with E-state index in [9.17, 15) is 43.8 Å². The summed E-state index contributed by atoms with van der Waals surface area (Å²) in [5.41, 5.74) is 10.5. The minimum atomic E-state index is -1.48.